The lowest BCUT2D eigenvalue weighted by Gasteiger charge is -2.20. The van der Waals surface area contributed by atoms with Gasteiger partial charge >= 0.3 is 6.18 Å². The second-order valence-electron chi connectivity index (χ2n) is 9.06. The Bertz CT molecular complexity index is 1060. The van der Waals surface area contributed by atoms with Crippen LogP contribution < -0.4 is 21.7 Å². The number of benzene rings is 1. The van der Waals surface area contributed by atoms with Crippen LogP contribution in [-0.2, 0) is 28.6 Å². The van der Waals surface area contributed by atoms with Gasteiger partial charge in [0.1, 0.15) is 11.9 Å². The van der Waals surface area contributed by atoms with Gasteiger partial charge < -0.3 is 21.7 Å². The Labute approximate surface area is 195 Å². The fourth-order valence-corrected chi connectivity index (χ4v) is 4.64. The summed E-state index contributed by atoms with van der Waals surface area (Å²) < 4.78 is 38.2. The average molecular weight is 476 g/mol. The van der Waals surface area contributed by atoms with Gasteiger partial charge in [0.25, 0.3) is 0 Å². The predicted octanol–water partition coefficient (Wildman–Crippen LogP) is 2.51. The molecule has 2 amide bonds. The molecule has 2 aromatic rings. The van der Waals surface area contributed by atoms with Crippen molar-refractivity contribution in [2.75, 3.05) is 12.3 Å². The number of halogens is 3. The van der Waals surface area contributed by atoms with E-state index in [-0.39, 0.29) is 23.8 Å². The van der Waals surface area contributed by atoms with Crippen LogP contribution in [-0.4, -0.2) is 35.4 Å². The van der Waals surface area contributed by atoms with Crippen LogP contribution in [0.5, 0.6) is 0 Å². The van der Waals surface area contributed by atoms with Crippen molar-refractivity contribution in [1.82, 2.24) is 20.9 Å². The van der Waals surface area contributed by atoms with Crippen molar-refractivity contribution in [1.29, 1.82) is 0 Å². The largest absolute Gasteiger partial charge is 0.416 e. The van der Waals surface area contributed by atoms with Crippen LogP contribution >= 0.6 is 0 Å². The summed E-state index contributed by atoms with van der Waals surface area (Å²) in [6.45, 7) is 2.22. The van der Waals surface area contributed by atoms with Crippen LogP contribution in [0.25, 0.3) is 0 Å². The third-order valence-electron chi connectivity index (χ3n) is 6.49. The first kappa shape index (κ1) is 24.0. The molecule has 1 fully saturated rings. The van der Waals surface area contributed by atoms with Crippen molar-refractivity contribution >= 4 is 17.6 Å². The van der Waals surface area contributed by atoms with E-state index in [4.69, 9.17) is 5.73 Å². The number of hydrogen-bond acceptors (Lipinski definition) is 5. The number of pyridine rings is 1. The smallest absolute Gasteiger partial charge is 0.384 e. The van der Waals surface area contributed by atoms with Crippen molar-refractivity contribution in [3.8, 4) is 0 Å². The molecule has 182 valence electrons. The van der Waals surface area contributed by atoms with Crippen LogP contribution in [0.2, 0.25) is 0 Å². The van der Waals surface area contributed by atoms with Crippen molar-refractivity contribution in [3.63, 3.8) is 0 Å². The third kappa shape index (κ3) is 5.49. The number of nitrogens with two attached hydrogens (primary N) is 1. The summed E-state index contributed by atoms with van der Waals surface area (Å²) in [5.74, 6) is 0.0275. The topological polar surface area (TPSA) is 109 Å². The highest BCUT2D eigenvalue weighted by Crippen LogP contribution is 2.31. The number of alkyl halides is 3. The highest BCUT2D eigenvalue weighted by Gasteiger charge is 2.33. The van der Waals surface area contributed by atoms with Gasteiger partial charge in [0, 0.05) is 5.69 Å². The number of aryl methyl sites for hydroxylation is 1. The van der Waals surface area contributed by atoms with Crippen molar-refractivity contribution in [2.45, 2.75) is 56.9 Å². The van der Waals surface area contributed by atoms with E-state index in [2.05, 4.69) is 20.9 Å². The molecule has 5 N–H and O–H groups in total. The maximum atomic E-state index is 12.7. The van der Waals surface area contributed by atoms with E-state index < -0.39 is 23.8 Å². The second-order valence-corrected chi connectivity index (χ2v) is 9.06. The Morgan fingerprint density at radius 3 is 2.65 bits per heavy atom. The van der Waals surface area contributed by atoms with E-state index in [1.807, 2.05) is 6.07 Å². The van der Waals surface area contributed by atoms with E-state index in [9.17, 15) is 22.8 Å². The minimum absolute atomic E-state index is 0.117. The van der Waals surface area contributed by atoms with Gasteiger partial charge in [-0.15, -0.1) is 0 Å². The van der Waals surface area contributed by atoms with Gasteiger partial charge in [-0.25, -0.2) is 4.98 Å². The number of carbonyl (C=O) groups is 2. The molecule has 1 aromatic heterocycles. The standard InChI is InChI=1S/C24H28F3N5O2/c1-13(22(33)32-19-8-7-18-17(19)6-9-21(28)31-18)30-23(34)20-11-15(12-29-20)10-14-2-4-16(5-3-14)24(25,26)27/h2-6,9,13,15,19-20,29H,7-8,10-12H2,1H3,(H2,28,31)(H,30,34)(H,32,33)/t13?,15-,19+,20+/m0/s1. The molecule has 1 unspecified atom stereocenters. The molecule has 0 radical (unpaired) electrons. The number of fused-ring (bicyclic) bond motifs is 1. The molecule has 0 spiro atoms. The molecule has 1 saturated heterocycles. The summed E-state index contributed by atoms with van der Waals surface area (Å²) in [6.07, 6.45) is -1.77. The fourth-order valence-electron chi connectivity index (χ4n) is 4.64. The Morgan fingerprint density at radius 2 is 1.94 bits per heavy atom. The summed E-state index contributed by atoms with van der Waals surface area (Å²) in [5, 5.41) is 8.89. The van der Waals surface area contributed by atoms with E-state index >= 15 is 0 Å². The molecular weight excluding hydrogens is 447 g/mol. The van der Waals surface area contributed by atoms with Gasteiger partial charge in [0.05, 0.1) is 17.6 Å². The van der Waals surface area contributed by atoms with Gasteiger partial charge in [-0.2, -0.15) is 13.2 Å². The molecule has 4 rings (SSSR count). The molecule has 0 saturated carbocycles. The molecule has 1 aliphatic heterocycles. The number of hydrogen-bond donors (Lipinski definition) is 4. The average Bonchev–Trinajstić information content (AvgIpc) is 3.40. The zero-order valence-corrected chi connectivity index (χ0v) is 18.8. The molecule has 34 heavy (non-hydrogen) atoms. The first-order valence-electron chi connectivity index (χ1n) is 11.4. The highest BCUT2D eigenvalue weighted by atomic mass is 19.4. The Hall–Kier alpha value is -3.14. The Kier molecular flexibility index (Phi) is 6.79. The van der Waals surface area contributed by atoms with Crippen molar-refractivity contribution in [2.24, 2.45) is 5.92 Å². The summed E-state index contributed by atoms with van der Waals surface area (Å²) in [4.78, 5) is 29.6. The summed E-state index contributed by atoms with van der Waals surface area (Å²) in [7, 11) is 0. The van der Waals surface area contributed by atoms with Crippen molar-refractivity contribution < 1.29 is 22.8 Å². The normalized spacial score (nSPS) is 22.8. The number of rotatable bonds is 6. The van der Waals surface area contributed by atoms with Crippen LogP contribution in [0.1, 0.15) is 48.2 Å². The number of carbonyl (C=O) groups excluding carboxylic acids is 2. The molecule has 4 atom stereocenters. The van der Waals surface area contributed by atoms with Gasteiger partial charge in [0.15, 0.2) is 0 Å². The highest BCUT2D eigenvalue weighted by molar-refractivity contribution is 5.89. The number of nitrogen functional groups attached to an aromatic ring is 1. The molecule has 1 aromatic carbocycles. The first-order valence-corrected chi connectivity index (χ1v) is 11.4. The van der Waals surface area contributed by atoms with Gasteiger partial charge in [-0.3, -0.25) is 9.59 Å². The predicted molar refractivity (Wildman–Crippen MR) is 121 cm³/mol. The zero-order chi connectivity index (χ0) is 24.5. The number of amides is 2. The summed E-state index contributed by atoms with van der Waals surface area (Å²) >= 11 is 0. The van der Waals surface area contributed by atoms with Crippen LogP contribution in [0.4, 0.5) is 19.0 Å². The lowest BCUT2D eigenvalue weighted by Crippen LogP contribution is -2.50. The van der Waals surface area contributed by atoms with E-state index in [0.717, 1.165) is 41.8 Å². The Morgan fingerprint density at radius 1 is 1.21 bits per heavy atom. The van der Waals surface area contributed by atoms with Crippen molar-refractivity contribution in [3.05, 3.63) is 58.8 Å². The minimum atomic E-state index is -4.36. The molecule has 7 nitrogen and oxygen atoms in total. The zero-order valence-electron chi connectivity index (χ0n) is 18.8. The molecule has 2 heterocycles. The number of nitrogens with one attached hydrogen (secondary N) is 3. The number of nitrogens with zero attached hydrogens (tertiary/aromatic N) is 1. The quantitative estimate of drug-likeness (QED) is 0.514. The van der Waals surface area contributed by atoms with E-state index in [1.54, 1.807) is 13.0 Å². The monoisotopic (exact) mass is 475 g/mol. The molecule has 0 bridgehead atoms. The van der Waals surface area contributed by atoms with Crippen LogP contribution in [0, 0.1) is 5.92 Å². The fraction of sp³-hybridized carbons (Fsp3) is 0.458. The summed E-state index contributed by atoms with van der Waals surface area (Å²) in [6, 6.07) is 7.38. The minimum Gasteiger partial charge on any atom is -0.384 e. The van der Waals surface area contributed by atoms with Crippen LogP contribution in [0.15, 0.2) is 36.4 Å². The first-order chi connectivity index (χ1) is 16.1. The van der Waals surface area contributed by atoms with Gasteiger partial charge in [0.2, 0.25) is 11.8 Å². The van der Waals surface area contributed by atoms with E-state index in [1.165, 1.54) is 12.1 Å². The van der Waals surface area contributed by atoms with Gasteiger partial charge in [-0.1, -0.05) is 18.2 Å². The molecule has 1 aliphatic carbocycles. The molecular formula is C24H28F3N5O2. The van der Waals surface area contributed by atoms with Gasteiger partial charge in [-0.05, 0) is 74.4 Å². The lowest BCUT2D eigenvalue weighted by molar-refractivity contribution is -0.137. The maximum Gasteiger partial charge on any atom is 0.416 e. The number of anilines is 1. The SMILES string of the molecule is CC(NC(=O)[C@H]1C[C@H](Cc2ccc(C(F)(F)F)cc2)CN1)C(=O)N[C@@H]1CCc2nc(N)ccc21. The maximum absolute atomic E-state index is 12.7. The van der Waals surface area contributed by atoms with E-state index in [0.29, 0.717) is 25.2 Å². The van der Waals surface area contributed by atoms with Crippen LogP contribution in [0.3, 0.4) is 0 Å². The number of aromatic nitrogens is 1. The second kappa shape index (κ2) is 9.61. The summed E-state index contributed by atoms with van der Waals surface area (Å²) in [5.41, 5.74) is 7.67. The molecule has 2 aliphatic rings. The molecule has 10 heteroatoms. The third-order valence-corrected chi connectivity index (χ3v) is 6.49. The lowest BCUT2D eigenvalue weighted by atomic mass is 9.96. The Balaban J connectivity index is 1.25.